The van der Waals surface area contributed by atoms with Gasteiger partial charge < -0.3 is 29.5 Å². The maximum atomic E-state index is 16.6. The number of nitrogens with zero attached hydrogens (tertiary/aromatic N) is 4. The number of fused-ring (bicyclic) bond motifs is 2. The summed E-state index contributed by atoms with van der Waals surface area (Å²) >= 11 is 6.77. The molecule has 0 unspecified atom stereocenters. The van der Waals surface area contributed by atoms with Crippen LogP contribution in [0.4, 0.5) is 10.2 Å². The predicted molar refractivity (Wildman–Crippen MR) is 151 cm³/mol. The van der Waals surface area contributed by atoms with Gasteiger partial charge in [0.25, 0.3) is 0 Å². The molecule has 0 radical (unpaired) electrons. The fraction of sp³-hybridized carbons (Fsp3) is 0.345. The number of aromatic hydroxyl groups is 1. The summed E-state index contributed by atoms with van der Waals surface area (Å²) in [5.41, 5.74) is 0.561. The molecule has 2 heterocycles. The quantitative estimate of drug-likeness (QED) is 0.284. The summed E-state index contributed by atoms with van der Waals surface area (Å²) in [6.45, 7) is 3.40. The molecule has 4 aromatic rings. The van der Waals surface area contributed by atoms with Gasteiger partial charge in [-0.3, -0.25) is 0 Å². The molecule has 1 saturated heterocycles. The molecule has 1 aliphatic rings. The van der Waals surface area contributed by atoms with Crippen molar-refractivity contribution in [1.82, 2.24) is 15.3 Å². The first-order chi connectivity index (χ1) is 19.3. The summed E-state index contributed by atoms with van der Waals surface area (Å²) < 4.78 is 33.2. The standard InChI is InChI=1S/C29H29ClFN5O4/c1-16(28(38-2)39-3)40-29-34-26-22(27(35-29)36-11-10-33-18(15-36)8-9-32)14-23(30)24(25(26)31)21-13-19(37)12-17-6-4-5-7-20(17)21/h4-7,12-14,16,18,28,33,37H,8,10-11,15H2,1-3H3/t16-,18+/m1/s1. The Hall–Kier alpha value is -3.75. The zero-order valence-corrected chi connectivity index (χ0v) is 23.1. The van der Waals surface area contributed by atoms with E-state index in [1.54, 1.807) is 19.1 Å². The molecule has 0 aliphatic carbocycles. The molecule has 2 N–H and O–H groups in total. The Balaban J connectivity index is 1.72. The molecule has 208 valence electrons. The minimum Gasteiger partial charge on any atom is -0.508 e. The second-order valence-corrected chi connectivity index (χ2v) is 10.0. The number of rotatable bonds is 8. The number of hydrogen-bond donors (Lipinski definition) is 2. The summed E-state index contributed by atoms with van der Waals surface area (Å²) in [6.07, 6.45) is -1.00. The number of phenols is 1. The second kappa shape index (κ2) is 11.8. The van der Waals surface area contributed by atoms with E-state index in [0.29, 0.717) is 42.8 Å². The van der Waals surface area contributed by atoms with E-state index in [1.165, 1.54) is 20.3 Å². The van der Waals surface area contributed by atoms with Crippen molar-refractivity contribution in [2.45, 2.75) is 31.8 Å². The zero-order valence-electron chi connectivity index (χ0n) is 22.3. The number of nitriles is 1. The lowest BCUT2D eigenvalue weighted by Crippen LogP contribution is -2.51. The summed E-state index contributed by atoms with van der Waals surface area (Å²) in [5.74, 6) is -0.241. The van der Waals surface area contributed by atoms with Gasteiger partial charge in [0.05, 0.1) is 17.5 Å². The molecule has 0 bridgehead atoms. The molecule has 0 amide bonds. The summed E-state index contributed by atoms with van der Waals surface area (Å²) in [6, 6.07) is 14.2. The fourth-order valence-electron chi connectivity index (χ4n) is 5.17. The van der Waals surface area contributed by atoms with Crippen LogP contribution in [0.15, 0.2) is 42.5 Å². The van der Waals surface area contributed by atoms with Gasteiger partial charge >= 0.3 is 6.01 Å². The average molecular weight is 566 g/mol. The van der Waals surface area contributed by atoms with Crippen LogP contribution >= 0.6 is 11.6 Å². The monoisotopic (exact) mass is 565 g/mol. The molecular formula is C29H29ClFN5O4. The van der Waals surface area contributed by atoms with Crippen LogP contribution in [0.1, 0.15) is 13.3 Å². The summed E-state index contributed by atoms with van der Waals surface area (Å²) in [5, 5.41) is 25.0. The molecule has 9 nitrogen and oxygen atoms in total. The van der Waals surface area contributed by atoms with Crippen LogP contribution in [-0.4, -0.2) is 67.4 Å². The molecule has 1 fully saturated rings. The van der Waals surface area contributed by atoms with Crippen molar-refractivity contribution in [1.29, 1.82) is 5.26 Å². The van der Waals surface area contributed by atoms with Gasteiger partial charge in [-0.05, 0) is 41.5 Å². The highest BCUT2D eigenvalue weighted by molar-refractivity contribution is 6.35. The van der Waals surface area contributed by atoms with Gasteiger partial charge in [-0.1, -0.05) is 35.9 Å². The van der Waals surface area contributed by atoms with Gasteiger partial charge in [-0.15, -0.1) is 0 Å². The number of halogens is 2. The lowest BCUT2D eigenvalue weighted by atomic mass is 9.96. The highest BCUT2D eigenvalue weighted by Gasteiger charge is 2.28. The Morgan fingerprint density at radius 1 is 1.20 bits per heavy atom. The first kappa shape index (κ1) is 27.8. The van der Waals surface area contributed by atoms with Crippen LogP contribution in [0.25, 0.3) is 32.8 Å². The van der Waals surface area contributed by atoms with Crippen LogP contribution in [0.2, 0.25) is 5.02 Å². The molecule has 11 heteroatoms. The topological polar surface area (TPSA) is 113 Å². The lowest BCUT2D eigenvalue weighted by Gasteiger charge is -2.34. The Morgan fingerprint density at radius 2 is 1.98 bits per heavy atom. The molecule has 1 aromatic heterocycles. The van der Waals surface area contributed by atoms with E-state index in [2.05, 4.69) is 21.4 Å². The van der Waals surface area contributed by atoms with Crippen molar-refractivity contribution in [3.05, 3.63) is 53.3 Å². The Bertz CT molecular complexity index is 1590. The number of hydrogen-bond acceptors (Lipinski definition) is 9. The van der Waals surface area contributed by atoms with Crippen molar-refractivity contribution in [3.63, 3.8) is 0 Å². The van der Waals surface area contributed by atoms with E-state index in [0.717, 1.165) is 10.8 Å². The van der Waals surface area contributed by atoms with Crippen LogP contribution in [0.3, 0.4) is 0 Å². The van der Waals surface area contributed by atoms with Crippen LogP contribution in [0, 0.1) is 17.1 Å². The predicted octanol–water partition coefficient (Wildman–Crippen LogP) is 5.03. The number of phenolic OH excluding ortho intramolecular Hbond substituents is 1. The van der Waals surface area contributed by atoms with E-state index in [9.17, 15) is 10.4 Å². The minimum atomic E-state index is -0.703. The fourth-order valence-corrected chi connectivity index (χ4v) is 5.46. The first-order valence-electron chi connectivity index (χ1n) is 12.8. The molecule has 0 spiro atoms. The van der Waals surface area contributed by atoms with Crippen molar-refractivity contribution < 1.29 is 23.7 Å². The van der Waals surface area contributed by atoms with Gasteiger partial charge in [0.1, 0.15) is 23.2 Å². The third kappa shape index (κ3) is 5.33. The normalized spacial score (nSPS) is 16.4. The van der Waals surface area contributed by atoms with Gasteiger partial charge in [0.15, 0.2) is 12.1 Å². The number of nitrogens with one attached hydrogen (secondary N) is 1. The minimum absolute atomic E-state index is 0.0139. The Morgan fingerprint density at radius 3 is 2.73 bits per heavy atom. The molecule has 2 atom stereocenters. The third-order valence-corrected chi connectivity index (χ3v) is 7.29. The summed E-state index contributed by atoms with van der Waals surface area (Å²) in [4.78, 5) is 11.1. The molecular weight excluding hydrogens is 537 g/mol. The largest absolute Gasteiger partial charge is 0.508 e. The van der Waals surface area contributed by atoms with Gasteiger partial charge in [0.2, 0.25) is 0 Å². The highest BCUT2D eigenvalue weighted by atomic mass is 35.5. The Kier molecular flexibility index (Phi) is 8.19. The number of piperazine rings is 1. The maximum absolute atomic E-state index is 16.6. The SMILES string of the molecule is COC(OC)[C@@H](C)Oc1nc(N2CCN[C@@H](CC#N)C2)c2cc(Cl)c(-c3cc(O)cc4ccccc34)c(F)c2n1. The zero-order chi connectivity index (χ0) is 28.4. The molecule has 1 aliphatic heterocycles. The van der Waals surface area contributed by atoms with Crippen molar-refractivity contribution in [2.75, 3.05) is 38.8 Å². The number of aromatic nitrogens is 2. The smallest absolute Gasteiger partial charge is 0.319 e. The summed E-state index contributed by atoms with van der Waals surface area (Å²) in [7, 11) is 2.98. The van der Waals surface area contributed by atoms with Crippen molar-refractivity contribution >= 4 is 39.1 Å². The van der Waals surface area contributed by atoms with E-state index in [-0.39, 0.29) is 33.9 Å². The molecule has 5 rings (SSSR count). The van der Waals surface area contributed by atoms with E-state index >= 15 is 4.39 Å². The van der Waals surface area contributed by atoms with Crippen LogP contribution < -0.4 is 15.0 Å². The van der Waals surface area contributed by atoms with Crippen molar-refractivity contribution in [3.8, 4) is 29.0 Å². The Labute approximate surface area is 236 Å². The highest BCUT2D eigenvalue weighted by Crippen LogP contribution is 2.42. The number of benzene rings is 3. The average Bonchev–Trinajstić information content (AvgIpc) is 2.94. The third-order valence-electron chi connectivity index (χ3n) is 6.99. The lowest BCUT2D eigenvalue weighted by molar-refractivity contribution is -0.152. The van der Waals surface area contributed by atoms with Crippen LogP contribution in [-0.2, 0) is 9.47 Å². The molecule has 3 aromatic carbocycles. The van der Waals surface area contributed by atoms with Crippen LogP contribution in [0.5, 0.6) is 11.8 Å². The molecule has 0 saturated carbocycles. The number of methoxy groups -OCH3 is 2. The van der Waals surface area contributed by atoms with E-state index in [4.69, 9.17) is 25.8 Å². The van der Waals surface area contributed by atoms with Gasteiger partial charge in [-0.2, -0.15) is 15.2 Å². The van der Waals surface area contributed by atoms with Gasteiger partial charge in [-0.25, -0.2) is 4.39 Å². The van der Waals surface area contributed by atoms with E-state index < -0.39 is 18.2 Å². The first-order valence-corrected chi connectivity index (χ1v) is 13.2. The van der Waals surface area contributed by atoms with Gasteiger partial charge in [0, 0.05) is 50.8 Å². The van der Waals surface area contributed by atoms with Crippen molar-refractivity contribution in [2.24, 2.45) is 0 Å². The number of anilines is 1. The number of ether oxygens (including phenoxy) is 3. The maximum Gasteiger partial charge on any atom is 0.319 e. The molecule has 40 heavy (non-hydrogen) atoms. The van der Waals surface area contributed by atoms with E-state index in [1.807, 2.05) is 29.2 Å². The second-order valence-electron chi connectivity index (χ2n) is 9.61.